The van der Waals surface area contributed by atoms with Gasteiger partial charge in [0.05, 0.1) is 19.8 Å². The highest BCUT2D eigenvalue weighted by molar-refractivity contribution is 5.80. The summed E-state index contributed by atoms with van der Waals surface area (Å²) in [5, 5.41) is 3.47. The Balaban J connectivity index is 1.46. The summed E-state index contributed by atoms with van der Waals surface area (Å²) in [4.78, 5) is 7.34. The lowest BCUT2D eigenvalue weighted by Crippen LogP contribution is -2.40. The predicted molar refractivity (Wildman–Crippen MR) is 106 cm³/mol. The maximum atomic E-state index is 5.71. The van der Waals surface area contributed by atoms with Crippen LogP contribution >= 0.6 is 0 Å². The van der Waals surface area contributed by atoms with Crippen molar-refractivity contribution in [1.82, 2.24) is 10.2 Å². The summed E-state index contributed by atoms with van der Waals surface area (Å²) in [6, 6.07) is 10.8. The lowest BCUT2D eigenvalue weighted by atomic mass is 10.1. The zero-order valence-corrected chi connectivity index (χ0v) is 16.2. The van der Waals surface area contributed by atoms with E-state index in [1.54, 1.807) is 7.11 Å². The van der Waals surface area contributed by atoms with Crippen molar-refractivity contribution in [3.8, 4) is 0 Å². The Morgan fingerprint density at radius 1 is 1.27 bits per heavy atom. The van der Waals surface area contributed by atoms with E-state index in [-0.39, 0.29) is 0 Å². The number of likely N-dealkylation sites (tertiary alicyclic amines) is 1. The summed E-state index contributed by atoms with van der Waals surface area (Å²) in [6.45, 7) is 8.25. The van der Waals surface area contributed by atoms with Gasteiger partial charge in [-0.3, -0.25) is 4.99 Å². The van der Waals surface area contributed by atoms with Gasteiger partial charge in [0.1, 0.15) is 0 Å². The highest BCUT2D eigenvalue weighted by Crippen LogP contribution is 2.47. The Labute approximate surface area is 157 Å². The average molecular weight is 360 g/mol. The molecular formula is C21H33N3O2. The molecule has 1 aromatic carbocycles. The Morgan fingerprint density at radius 3 is 2.88 bits per heavy atom. The monoisotopic (exact) mass is 359 g/mol. The first-order valence-corrected chi connectivity index (χ1v) is 9.96. The van der Waals surface area contributed by atoms with Crippen molar-refractivity contribution in [2.24, 2.45) is 16.8 Å². The van der Waals surface area contributed by atoms with E-state index in [4.69, 9.17) is 14.5 Å². The highest BCUT2D eigenvalue weighted by atomic mass is 16.5. The van der Waals surface area contributed by atoms with E-state index >= 15 is 0 Å². The first kappa shape index (κ1) is 19.2. The lowest BCUT2D eigenvalue weighted by molar-refractivity contribution is 0.0536. The first-order chi connectivity index (χ1) is 12.8. The van der Waals surface area contributed by atoms with Gasteiger partial charge in [0.2, 0.25) is 0 Å². The fourth-order valence-corrected chi connectivity index (χ4v) is 3.74. The van der Waals surface area contributed by atoms with Gasteiger partial charge in [-0.2, -0.15) is 0 Å². The number of methoxy groups -OCH3 is 1. The number of guanidine groups is 1. The van der Waals surface area contributed by atoms with Gasteiger partial charge in [0.25, 0.3) is 0 Å². The van der Waals surface area contributed by atoms with Crippen molar-refractivity contribution in [2.45, 2.75) is 25.7 Å². The molecule has 144 valence electrons. The van der Waals surface area contributed by atoms with Crippen molar-refractivity contribution in [1.29, 1.82) is 0 Å². The molecule has 0 aromatic heterocycles. The molecule has 5 nitrogen and oxygen atoms in total. The molecule has 1 N–H and O–H groups in total. The third-order valence-corrected chi connectivity index (χ3v) is 5.33. The van der Waals surface area contributed by atoms with Gasteiger partial charge < -0.3 is 19.7 Å². The molecule has 3 rings (SSSR count). The second-order valence-electron chi connectivity index (χ2n) is 7.38. The molecule has 1 aliphatic heterocycles. The predicted octanol–water partition coefficient (Wildman–Crippen LogP) is 2.74. The first-order valence-electron chi connectivity index (χ1n) is 9.96. The number of nitrogens with one attached hydrogen (secondary N) is 1. The van der Waals surface area contributed by atoms with E-state index < -0.39 is 0 Å². The lowest BCUT2D eigenvalue weighted by Gasteiger charge is -2.21. The molecule has 1 aromatic rings. The number of aliphatic imine (C=N–C) groups is 1. The standard InChI is InChI=1S/C21H33N3O2/c1-3-22-21(24-10-9-17(15-24)16-26-12-11-25-2)23-14-19-13-20(19)18-7-5-4-6-8-18/h4-8,17,19-20H,3,9-16H2,1-2H3,(H,22,23). The fourth-order valence-electron chi connectivity index (χ4n) is 3.74. The molecule has 2 aliphatic rings. The van der Waals surface area contributed by atoms with Gasteiger partial charge >= 0.3 is 0 Å². The average Bonchev–Trinajstić information content (AvgIpc) is 3.30. The number of hydrogen-bond acceptors (Lipinski definition) is 3. The normalized spacial score (nSPS) is 25.5. The van der Waals surface area contributed by atoms with Crippen LogP contribution in [-0.2, 0) is 9.47 Å². The van der Waals surface area contributed by atoms with Gasteiger partial charge in [-0.25, -0.2) is 0 Å². The Hall–Kier alpha value is -1.59. The van der Waals surface area contributed by atoms with Crippen LogP contribution in [0.3, 0.4) is 0 Å². The molecule has 3 atom stereocenters. The Bertz CT molecular complexity index is 564. The van der Waals surface area contributed by atoms with E-state index in [0.29, 0.717) is 31.0 Å². The minimum atomic E-state index is 0.591. The number of benzene rings is 1. The van der Waals surface area contributed by atoms with Crippen LogP contribution in [-0.4, -0.2) is 64.0 Å². The van der Waals surface area contributed by atoms with Crippen molar-refractivity contribution < 1.29 is 9.47 Å². The molecule has 5 heteroatoms. The van der Waals surface area contributed by atoms with Crippen molar-refractivity contribution in [3.05, 3.63) is 35.9 Å². The van der Waals surface area contributed by atoms with E-state index in [1.807, 2.05) is 0 Å². The topological polar surface area (TPSA) is 46.1 Å². The van der Waals surface area contributed by atoms with E-state index in [0.717, 1.165) is 38.7 Å². The van der Waals surface area contributed by atoms with E-state index in [1.165, 1.54) is 18.4 Å². The molecule has 1 aliphatic carbocycles. The van der Waals surface area contributed by atoms with Crippen LogP contribution in [0.2, 0.25) is 0 Å². The highest BCUT2D eigenvalue weighted by Gasteiger charge is 2.38. The Morgan fingerprint density at radius 2 is 2.12 bits per heavy atom. The summed E-state index contributed by atoms with van der Waals surface area (Å²) in [5.74, 6) is 3.06. The van der Waals surface area contributed by atoms with E-state index in [9.17, 15) is 0 Å². The Kier molecular flexibility index (Phi) is 7.32. The van der Waals surface area contributed by atoms with Gasteiger partial charge in [-0.1, -0.05) is 30.3 Å². The van der Waals surface area contributed by atoms with Crippen LogP contribution in [0.1, 0.15) is 31.2 Å². The number of hydrogen-bond donors (Lipinski definition) is 1. The molecule has 2 fully saturated rings. The van der Waals surface area contributed by atoms with Crippen LogP contribution < -0.4 is 5.32 Å². The van der Waals surface area contributed by atoms with Crippen LogP contribution in [0.25, 0.3) is 0 Å². The molecule has 0 radical (unpaired) electrons. The van der Waals surface area contributed by atoms with Gasteiger partial charge in [-0.15, -0.1) is 0 Å². The maximum Gasteiger partial charge on any atom is 0.193 e. The van der Waals surface area contributed by atoms with E-state index in [2.05, 4.69) is 47.5 Å². The largest absolute Gasteiger partial charge is 0.382 e. The number of nitrogens with zero attached hydrogens (tertiary/aromatic N) is 2. The van der Waals surface area contributed by atoms with Crippen LogP contribution in [0, 0.1) is 11.8 Å². The molecule has 0 amide bonds. The summed E-state index contributed by atoms with van der Waals surface area (Å²) < 4.78 is 10.7. The molecular weight excluding hydrogens is 326 g/mol. The quantitative estimate of drug-likeness (QED) is 0.418. The maximum absolute atomic E-state index is 5.71. The minimum Gasteiger partial charge on any atom is -0.382 e. The van der Waals surface area contributed by atoms with Gasteiger partial charge in [0.15, 0.2) is 5.96 Å². The summed E-state index contributed by atoms with van der Waals surface area (Å²) in [5.41, 5.74) is 1.46. The molecule has 0 bridgehead atoms. The molecule has 1 saturated heterocycles. The van der Waals surface area contributed by atoms with Crippen LogP contribution in [0.5, 0.6) is 0 Å². The smallest absolute Gasteiger partial charge is 0.193 e. The summed E-state index contributed by atoms with van der Waals surface area (Å²) >= 11 is 0. The molecule has 3 unspecified atom stereocenters. The molecule has 0 spiro atoms. The molecule has 1 saturated carbocycles. The van der Waals surface area contributed by atoms with Crippen molar-refractivity contribution in [3.63, 3.8) is 0 Å². The SMILES string of the molecule is CCNC(=NCC1CC1c1ccccc1)N1CCC(COCCOC)C1. The third-order valence-electron chi connectivity index (χ3n) is 5.33. The second-order valence-corrected chi connectivity index (χ2v) is 7.38. The summed E-state index contributed by atoms with van der Waals surface area (Å²) in [6.07, 6.45) is 2.44. The molecule has 1 heterocycles. The van der Waals surface area contributed by atoms with Gasteiger partial charge in [0, 0.05) is 39.2 Å². The zero-order valence-electron chi connectivity index (χ0n) is 16.2. The van der Waals surface area contributed by atoms with Crippen molar-refractivity contribution >= 4 is 5.96 Å². The minimum absolute atomic E-state index is 0.591. The van der Waals surface area contributed by atoms with Crippen LogP contribution in [0.4, 0.5) is 0 Å². The molecule has 26 heavy (non-hydrogen) atoms. The fraction of sp³-hybridized carbons (Fsp3) is 0.667. The third kappa shape index (κ3) is 5.45. The van der Waals surface area contributed by atoms with Crippen LogP contribution in [0.15, 0.2) is 35.3 Å². The van der Waals surface area contributed by atoms with Crippen molar-refractivity contribution in [2.75, 3.05) is 53.1 Å². The number of rotatable bonds is 9. The number of ether oxygens (including phenoxy) is 2. The summed E-state index contributed by atoms with van der Waals surface area (Å²) in [7, 11) is 1.71. The zero-order chi connectivity index (χ0) is 18.2. The van der Waals surface area contributed by atoms with Gasteiger partial charge in [-0.05, 0) is 37.2 Å². The second kappa shape index (κ2) is 9.93.